The highest BCUT2D eigenvalue weighted by Gasteiger charge is 2.23. The zero-order valence-corrected chi connectivity index (χ0v) is 14.9. The summed E-state index contributed by atoms with van der Waals surface area (Å²) < 4.78 is 6.91. The Labute approximate surface area is 137 Å². The number of nitrogens with zero attached hydrogens (tertiary/aromatic N) is 1. The molecule has 1 aliphatic rings. The second-order valence-electron chi connectivity index (χ2n) is 6.02. The van der Waals surface area contributed by atoms with Crippen LogP contribution in [0.2, 0.25) is 0 Å². The molecule has 1 heterocycles. The van der Waals surface area contributed by atoms with Gasteiger partial charge in [-0.25, -0.2) is 0 Å². The molecule has 0 bridgehead atoms. The second kappa shape index (κ2) is 8.28. The van der Waals surface area contributed by atoms with E-state index in [-0.39, 0.29) is 0 Å². The van der Waals surface area contributed by atoms with Crippen molar-refractivity contribution in [3.05, 3.63) is 33.8 Å². The Hall–Kier alpha value is -0.420. The molecule has 3 nitrogen and oxygen atoms in total. The van der Waals surface area contributed by atoms with Crippen molar-refractivity contribution in [2.75, 3.05) is 19.7 Å². The Balaban J connectivity index is 1.96. The van der Waals surface area contributed by atoms with Gasteiger partial charge in [-0.2, -0.15) is 0 Å². The van der Waals surface area contributed by atoms with Crippen LogP contribution in [0.5, 0.6) is 0 Å². The number of nitrogens with one attached hydrogen (secondary N) is 1. The highest BCUT2D eigenvalue weighted by atomic mass is 79.9. The molecule has 2 rings (SSSR count). The Kier molecular flexibility index (Phi) is 6.68. The molecule has 0 radical (unpaired) electrons. The van der Waals surface area contributed by atoms with Crippen LogP contribution in [0.25, 0.3) is 0 Å². The van der Waals surface area contributed by atoms with Crippen molar-refractivity contribution in [1.29, 1.82) is 0 Å². The van der Waals surface area contributed by atoms with Gasteiger partial charge >= 0.3 is 0 Å². The number of benzene rings is 1. The van der Waals surface area contributed by atoms with Gasteiger partial charge in [0.05, 0.1) is 12.7 Å². The first kappa shape index (κ1) is 16.9. The normalized spacial score (nSPS) is 23.4. The van der Waals surface area contributed by atoms with Gasteiger partial charge in [-0.05, 0) is 44.0 Å². The number of hydrogen-bond donors (Lipinski definition) is 1. The van der Waals surface area contributed by atoms with Gasteiger partial charge in [0, 0.05) is 30.1 Å². The van der Waals surface area contributed by atoms with Gasteiger partial charge < -0.3 is 10.1 Å². The van der Waals surface area contributed by atoms with Crippen LogP contribution in [-0.2, 0) is 17.8 Å². The number of hydrogen-bond acceptors (Lipinski definition) is 3. The van der Waals surface area contributed by atoms with Crippen LogP contribution < -0.4 is 5.32 Å². The van der Waals surface area contributed by atoms with Gasteiger partial charge in [0.15, 0.2) is 0 Å². The lowest BCUT2D eigenvalue weighted by atomic mass is 10.1. The third-order valence-corrected chi connectivity index (χ3v) is 4.72. The average Bonchev–Trinajstić information content (AvgIpc) is 2.46. The summed E-state index contributed by atoms with van der Waals surface area (Å²) in [5, 5.41) is 3.44. The molecule has 21 heavy (non-hydrogen) atoms. The van der Waals surface area contributed by atoms with E-state index in [1.807, 2.05) is 0 Å². The van der Waals surface area contributed by atoms with E-state index in [0.29, 0.717) is 12.1 Å². The molecule has 1 aromatic carbocycles. The molecular weight excluding hydrogens is 328 g/mol. The fourth-order valence-corrected chi connectivity index (χ4v) is 3.20. The quantitative estimate of drug-likeness (QED) is 0.790. The molecule has 118 valence electrons. The predicted molar refractivity (Wildman–Crippen MR) is 91.4 cm³/mol. The number of halogens is 1. The number of morpholine rings is 1. The molecule has 0 aliphatic carbocycles. The van der Waals surface area contributed by atoms with Crippen molar-refractivity contribution < 1.29 is 4.74 Å². The SMILES string of the molecule is CCCNCc1ccc(CN2CC(C)OCC2C)c(Br)c1. The topological polar surface area (TPSA) is 24.5 Å². The van der Waals surface area contributed by atoms with Crippen LogP contribution in [0.4, 0.5) is 0 Å². The third-order valence-electron chi connectivity index (χ3n) is 3.98. The molecule has 2 atom stereocenters. The fourth-order valence-electron chi connectivity index (χ4n) is 2.65. The molecule has 0 spiro atoms. The maximum atomic E-state index is 5.70. The molecule has 1 aliphatic heterocycles. The lowest BCUT2D eigenvalue weighted by Crippen LogP contribution is -2.46. The van der Waals surface area contributed by atoms with Crippen LogP contribution in [0, 0.1) is 0 Å². The summed E-state index contributed by atoms with van der Waals surface area (Å²) in [6.45, 7) is 11.4. The van der Waals surface area contributed by atoms with Crippen molar-refractivity contribution >= 4 is 15.9 Å². The summed E-state index contributed by atoms with van der Waals surface area (Å²) in [5.41, 5.74) is 2.69. The van der Waals surface area contributed by atoms with Crippen LogP contribution in [0.15, 0.2) is 22.7 Å². The first-order chi connectivity index (χ1) is 10.1. The van der Waals surface area contributed by atoms with Crippen molar-refractivity contribution in [1.82, 2.24) is 10.2 Å². The summed E-state index contributed by atoms with van der Waals surface area (Å²) in [4.78, 5) is 2.50. The Morgan fingerprint density at radius 1 is 1.38 bits per heavy atom. The smallest absolute Gasteiger partial charge is 0.0674 e. The fraction of sp³-hybridized carbons (Fsp3) is 0.647. The van der Waals surface area contributed by atoms with Gasteiger partial charge in [0.2, 0.25) is 0 Å². The van der Waals surface area contributed by atoms with Crippen LogP contribution in [0.1, 0.15) is 38.3 Å². The van der Waals surface area contributed by atoms with E-state index in [2.05, 4.69) is 65.1 Å². The molecule has 0 saturated carbocycles. The van der Waals surface area contributed by atoms with E-state index >= 15 is 0 Å². The predicted octanol–water partition coefficient (Wildman–Crippen LogP) is 3.56. The first-order valence-electron chi connectivity index (χ1n) is 7.93. The summed E-state index contributed by atoms with van der Waals surface area (Å²) >= 11 is 3.73. The van der Waals surface area contributed by atoms with Gasteiger partial charge in [0.1, 0.15) is 0 Å². The highest BCUT2D eigenvalue weighted by Crippen LogP contribution is 2.23. The minimum absolute atomic E-state index is 0.331. The maximum absolute atomic E-state index is 5.70. The van der Waals surface area contributed by atoms with E-state index in [9.17, 15) is 0 Å². The standard InChI is InChI=1S/C17H27BrN2O/c1-4-7-19-9-15-5-6-16(17(18)8-15)11-20-10-14(3)21-12-13(20)2/h5-6,8,13-14,19H,4,7,9-12H2,1-3H3. The monoisotopic (exact) mass is 354 g/mol. The van der Waals surface area contributed by atoms with Crippen molar-refractivity contribution in [3.8, 4) is 0 Å². The average molecular weight is 355 g/mol. The van der Waals surface area contributed by atoms with E-state index in [1.54, 1.807) is 0 Å². The van der Waals surface area contributed by atoms with E-state index in [0.717, 1.165) is 32.8 Å². The van der Waals surface area contributed by atoms with E-state index < -0.39 is 0 Å². The summed E-state index contributed by atoms with van der Waals surface area (Å²) in [5.74, 6) is 0. The molecule has 4 heteroatoms. The minimum atomic E-state index is 0.331. The van der Waals surface area contributed by atoms with Crippen LogP contribution in [-0.4, -0.2) is 36.7 Å². The summed E-state index contributed by atoms with van der Waals surface area (Å²) in [6, 6.07) is 7.21. The lowest BCUT2D eigenvalue weighted by molar-refractivity contribution is -0.0527. The van der Waals surface area contributed by atoms with Crippen molar-refractivity contribution in [2.45, 2.75) is 52.4 Å². The molecular formula is C17H27BrN2O. The van der Waals surface area contributed by atoms with Crippen molar-refractivity contribution in [3.63, 3.8) is 0 Å². The minimum Gasteiger partial charge on any atom is -0.376 e. The molecule has 1 aromatic rings. The van der Waals surface area contributed by atoms with Crippen molar-refractivity contribution in [2.24, 2.45) is 0 Å². The Bertz CT molecular complexity index is 452. The molecule has 0 aromatic heterocycles. The maximum Gasteiger partial charge on any atom is 0.0674 e. The highest BCUT2D eigenvalue weighted by molar-refractivity contribution is 9.10. The first-order valence-corrected chi connectivity index (χ1v) is 8.73. The molecule has 1 fully saturated rings. The zero-order valence-electron chi connectivity index (χ0n) is 13.4. The van der Waals surface area contributed by atoms with Gasteiger partial charge in [0.25, 0.3) is 0 Å². The summed E-state index contributed by atoms with van der Waals surface area (Å²) in [6.07, 6.45) is 1.50. The molecule has 2 unspecified atom stereocenters. The summed E-state index contributed by atoms with van der Waals surface area (Å²) in [7, 11) is 0. The van der Waals surface area contributed by atoms with Crippen LogP contribution in [0.3, 0.4) is 0 Å². The van der Waals surface area contributed by atoms with E-state index in [1.165, 1.54) is 22.0 Å². The van der Waals surface area contributed by atoms with Gasteiger partial charge in [-0.15, -0.1) is 0 Å². The lowest BCUT2D eigenvalue weighted by Gasteiger charge is -2.37. The largest absolute Gasteiger partial charge is 0.376 e. The zero-order chi connectivity index (χ0) is 15.2. The van der Waals surface area contributed by atoms with Gasteiger partial charge in [-0.3, -0.25) is 4.90 Å². The number of rotatable bonds is 6. The second-order valence-corrected chi connectivity index (χ2v) is 6.88. The third kappa shape index (κ3) is 5.06. The Morgan fingerprint density at radius 2 is 2.19 bits per heavy atom. The van der Waals surface area contributed by atoms with Gasteiger partial charge in [-0.1, -0.05) is 35.0 Å². The molecule has 1 N–H and O–H groups in total. The molecule has 0 amide bonds. The van der Waals surface area contributed by atoms with Crippen LogP contribution >= 0.6 is 15.9 Å². The Morgan fingerprint density at radius 3 is 2.90 bits per heavy atom. The molecule has 1 saturated heterocycles. The van der Waals surface area contributed by atoms with E-state index in [4.69, 9.17) is 4.74 Å². The number of ether oxygens (including phenoxy) is 1.